The van der Waals surface area contributed by atoms with Gasteiger partial charge in [0.1, 0.15) is 18.2 Å². The molecule has 0 amide bonds. The van der Waals surface area contributed by atoms with Crippen LogP contribution in [0.3, 0.4) is 0 Å². The number of benzene rings is 1. The molecule has 0 bridgehead atoms. The van der Waals surface area contributed by atoms with Gasteiger partial charge >= 0.3 is 0 Å². The van der Waals surface area contributed by atoms with Crippen LogP contribution in [0.15, 0.2) is 18.2 Å². The van der Waals surface area contributed by atoms with Crippen molar-refractivity contribution in [3.05, 3.63) is 24.0 Å². The molecule has 2 rings (SSSR count). The van der Waals surface area contributed by atoms with Gasteiger partial charge in [-0.2, -0.15) is 0 Å². The van der Waals surface area contributed by atoms with Crippen LogP contribution in [0, 0.1) is 5.82 Å². The van der Waals surface area contributed by atoms with E-state index in [0.717, 1.165) is 39.2 Å². The maximum absolute atomic E-state index is 14.1. The van der Waals surface area contributed by atoms with Gasteiger partial charge in [-0.05, 0) is 18.6 Å². The molecule has 112 valence electrons. The van der Waals surface area contributed by atoms with Crippen molar-refractivity contribution in [2.45, 2.75) is 13.3 Å². The molecule has 1 aliphatic rings. The lowest BCUT2D eigenvalue weighted by atomic mass is 10.2. The molecule has 20 heavy (non-hydrogen) atoms. The summed E-state index contributed by atoms with van der Waals surface area (Å²) < 4.78 is 24.9. The largest absolute Gasteiger partial charge is 0.491 e. The van der Waals surface area contributed by atoms with E-state index >= 15 is 0 Å². The fraction of sp³-hybridized carbons (Fsp3) is 0.600. The number of rotatable bonds is 7. The normalized spacial score (nSPS) is 15.4. The fourth-order valence-electron chi connectivity index (χ4n) is 2.20. The highest BCUT2D eigenvalue weighted by atomic mass is 19.1. The number of anilines is 1. The van der Waals surface area contributed by atoms with E-state index in [1.807, 2.05) is 6.07 Å². The highest BCUT2D eigenvalue weighted by molar-refractivity contribution is 5.51. The van der Waals surface area contributed by atoms with Gasteiger partial charge < -0.3 is 19.7 Å². The van der Waals surface area contributed by atoms with E-state index in [0.29, 0.717) is 24.7 Å². The van der Waals surface area contributed by atoms with Crippen LogP contribution in [0.25, 0.3) is 0 Å². The van der Waals surface area contributed by atoms with E-state index in [9.17, 15) is 4.39 Å². The number of hydrogen-bond acceptors (Lipinski definition) is 4. The SMILES string of the molecule is CCCOCCOc1ccc(N2CCNCC2)c(F)c1. The molecule has 0 aliphatic carbocycles. The van der Waals surface area contributed by atoms with Crippen LogP contribution in [-0.4, -0.2) is 46.0 Å². The van der Waals surface area contributed by atoms with E-state index in [1.165, 1.54) is 6.07 Å². The van der Waals surface area contributed by atoms with E-state index in [2.05, 4.69) is 17.1 Å². The number of piperazine rings is 1. The Morgan fingerprint density at radius 2 is 2.00 bits per heavy atom. The minimum Gasteiger partial charge on any atom is -0.491 e. The highest BCUT2D eigenvalue weighted by Gasteiger charge is 2.14. The Morgan fingerprint density at radius 1 is 1.20 bits per heavy atom. The third-order valence-corrected chi connectivity index (χ3v) is 3.22. The molecule has 5 heteroatoms. The van der Waals surface area contributed by atoms with E-state index in [-0.39, 0.29) is 5.82 Å². The van der Waals surface area contributed by atoms with Crippen molar-refractivity contribution in [2.75, 3.05) is 50.9 Å². The number of halogens is 1. The summed E-state index contributed by atoms with van der Waals surface area (Å²) in [6.45, 7) is 7.25. The molecule has 1 aromatic carbocycles. The van der Waals surface area contributed by atoms with Gasteiger partial charge in [-0.25, -0.2) is 4.39 Å². The lowest BCUT2D eigenvalue weighted by Crippen LogP contribution is -2.43. The summed E-state index contributed by atoms with van der Waals surface area (Å²) in [5.74, 6) is 0.334. The molecule has 1 aromatic rings. The second kappa shape index (κ2) is 8.07. The molecule has 0 aromatic heterocycles. The van der Waals surface area contributed by atoms with Crippen LogP contribution in [0.4, 0.5) is 10.1 Å². The summed E-state index contributed by atoms with van der Waals surface area (Å²) in [4.78, 5) is 2.06. The van der Waals surface area contributed by atoms with E-state index < -0.39 is 0 Å². The van der Waals surface area contributed by atoms with Gasteiger partial charge in [-0.3, -0.25) is 0 Å². The van der Waals surface area contributed by atoms with Crippen molar-refractivity contribution in [3.63, 3.8) is 0 Å². The Bertz CT molecular complexity index is 409. The van der Waals surface area contributed by atoms with Crippen molar-refractivity contribution in [3.8, 4) is 5.75 Å². The summed E-state index contributed by atoms with van der Waals surface area (Å²) in [6.07, 6.45) is 0.994. The quantitative estimate of drug-likeness (QED) is 0.776. The zero-order chi connectivity index (χ0) is 14.2. The average Bonchev–Trinajstić information content (AvgIpc) is 2.48. The molecule has 0 atom stereocenters. The zero-order valence-corrected chi connectivity index (χ0v) is 12.0. The van der Waals surface area contributed by atoms with Gasteiger partial charge in [-0.1, -0.05) is 6.92 Å². The van der Waals surface area contributed by atoms with Crippen LogP contribution in [0.1, 0.15) is 13.3 Å². The Labute approximate surface area is 119 Å². The van der Waals surface area contributed by atoms with Gasteiger partial charge in [0.05, 0.1) is 12.3 Å². The van der Waals surface area contributed by atoms with Crippen molar-refractivity contribution in [1.29, 1.82) is 0 Å². The number of ether oxygens (including phenoxy) is 2. The van der Waals surface area contributed by atoms with E-state index in [1.54, 1.807) is 6.07 Å². The predicted octanol–water partition coefficient (Wildman–Crippen LogP) is 2.04. The molecule has 1 aliphatic heterocycles. The first kappa shape index (κ1) is 15.1. The van der Waals surface area contributed by atoms with Crippen molar-refractivity contribution < 1.29 is 13.9 Å². The van der Waals surface area contributed by atoms with Crippen molar-refractivity contribution in [2.24, 2.45) is 0 Å². The number of hydrogen-bond donors (Lipinski definition) is 1. The molecule has 1 saturated heterocycles. The third kappa shape index (κ3) is 4.35. The first-order valence-electron chi connectivity index (χ1n) is 7.27. The predicted molar refractivity (Wildman–Crippen MR) is 78.1 cm³/mol. The summed E-state index contributed by atoms with van der Waals surface area (Å²) in [5, 5.41) is 3.26. The van der Waals surface area contributed by atoms with Crippen molar-refractivity contribution in [1.82, 2.24) is 5.32 Å². The topological polar surface area (TPSA) is 33.7 Å². The first-order valence-corrected chi connectivity index (χ1v) is 7.27. The molecule has 0 unspecified atom stereocenters. The lowest BCUT2D eigenvalue weighted by molar-refractivity contribution is 0.100. The maximum Gasteiger partial charge on any atom is 0.150 e. The Kier molecular flexibility index (Phi) is 6.08. The Morgan fingerprint density at radius 3 is 2.70 bits per heavy atom. The molecule has 1 fully saturated rings. The van der Waals surface area contributed by atoms with E-state index in [4.69, 9.17) is 9.47 Å². The lowest BCUT2D eigenvalue weighted by Gasteiger charge is -2.29. The third-order valence-electron chi connectivity index (χ3n) is 3.22. The Balaban J connectivity index is 1.85. The van der Waals surface area contributed by atoms with Crippen LogP contribution in [0.2, 0.25) is 0 Å². The molecule has 1 heterocycles. The standard InChI is InChI=1S/C15H23FN2O2/c1-2-9-19-10-11-20-13-3-4-15(14(16)12-13)18-7-5-17-6-8-18/h3-4,12,17H,2,5-11H2,1H3. The summed E-state index contributed by atoms with van der Waals surface area (Å²) in [6, 6.07) is 5.07. The summed E-state index contributed by atoms with van der Waals surface area (Å²) >= 11 is 0. The second-order valence-electron chi connectivity index (χ2n) is 4.81. The van der Waals surface area contributed by atoms with Gasteiger partial charge in [0.15, 0.2) is 0 Å². The molecular formula is C15H23FN2O2. The summed E-state index contributed by atoms with van der Waals surface area (Å²) in [5.41, 5.74) is 0.654. The van der Waals surface area contributed by atoms with Gasteiger partial charge in [-0.15, -0.1) is 0 Å². The fourth-order valence-corrected chi connectivity index (χ4v) is 2.20. The van der Waals surface area contributed by atoms with Gasteiger partial charge in [0, 0.05) is 38.9 Å². The van der Waals surface area contributed by atoms with Crippen LogP contribution >= 0.6 is 0 Å². The van der Waals surface area contributed by atoms with Gasteiger partial charge in [0.25, 0.3) is 0 Å². The minimum atomic E-state index is -0.223. The molecule has 0 radical (unpaired) electrons. The van der Waals surface area contributed by atoms with Crippen LogP contribution in [-0.2, 0) is 4.74 Å². The minimum absolute atomic E-state index is 0.223. The highest BCUT2D eigenvalue weighted by Crippen LogP contribution is 2.24. The molecular weight excluding hydrogens is 259 g/mol. The number of nitrogens with one attached hydrogen (secondary N) is 1. The average molecular weight is 282 g/mol. The monoisotopic (exact) mass is 282 g/mol. The first-order chi connectivity index (χ1) is 9.81. The summed E-state index contributed by atoms with van der Waals surface area (Å²) in [7, 11) is 0. The smallest absolute Gasteiger partial charge is 0.150 e. The molecule has 4 nitrogen and oxygen atoms in total. The molecule has 0 spiro atoms. The van der Waals surface area contributed by atoms with Crippen LogP contribution in [0.5, 0.6) is 5.75 Å². The Hall–Kier alpha value is -1.33. The second-order valence-corrected chi connectivity index (χ2v) is 4.81. The van der Waals surface area contributed by atoms with Crippen LogP contribution < -0.4 is 15.0 Å². The maximum atomic E-state index is 14.1. The molecule has 1 N–H and O–H groups in total. The van der Waals surface area contributed by atoms with Gasteiger partial charge in [0.2, 0.25) is 0 Å². The van der Waals surface area contributed by atoms with Crippen molar-refractivity contribution >= 4 is 5.69 Å². The molecule has 0 saturated carbocycles. The number of nitrogens with zero attached hydrogens (tertiary/aromatic N) is 1. The zero-order valence-electron chi connectivity index (χ0n) is 12.0.